The van der Waals surface area contributed by atoms with E-state index in [1.165, 1.54) is 24.3 Å². The lowest BCUT2D eigenvalue weighted by atomic mass is 10.1. The SMILES string of the molecule is CC(CN(C(=O)c1ccc(CCC(F)(F)F)cc1)C1CC1)C(=O)O. The summed E-state index contributed by atoms with van der Waals surface area (Å²) >= 11 is 0. The van der Waals surface area contributed by atoms with Gasteiger partial charge in [0.05, 0.1) is 5.92 Å². The Morgan fingerprint density at radius 3 is 2.29 bits per heavy atom. The molecule has 7 heteroatoms. The van der Waals surface area contributed by atoms with E-state index >= 15 is 0 Å². The van der Waals surface area contributed by atoms with Gasteiger partial charge in [0.2, 0.25) is 0 Å². The first-order chi connectivity index (χ1) is 11.2. The standard InChI is InChI=1S/C17H20F3NO3/c1-11(16(23)24)10-21(14-6-7-14)15(22)13-4-2-12(3-5-13)8-9-17(18,19)20/h2-5,11,14H,6-10H2,1H3,(H,23,24). The highest BCUT2D eigenvalue weighted by Gasteiger charge is 2.35. The number of rotatable bonds is 7. The molecule has 0 aliphatic heterocycles. The maximum Gasteiger partial charge on any atom is 0.389 e. The second kappa shape index (κ2) is 7.23. The van der Waals surface area contributed by atoms with Crippen LogP contribution in [0.15, 0.2) is 24.3 Å². The van der Waals surface area contributed by atoms with Crippen LogP contribution in [0.2, 0.25) is 0 Å². The Hall–Kier alpha value is -2.05. The van der Waals surface area contributed by atoms with Crippen LogP contribution in [0.5, 0.6) is 0 Å². The van der Waals surface area contributed by atoms with Gasteiger partial charge < -0.3 is 10.0 Å². The molecule has 0 heterocycles. The number of carboxylic acids is 1. The molecule has 2 rings (SSSR count). The van der Waals surface area contributed by atoms with Crippen LogP contribution in [-0.4, -0.2) is 40.6 Å². The molecule has 0 radical (unpaired) electrons. The van der Waals surface area contributed by atoms with E-state index in [0.717, 1.165) is 12.8 Å². The van der Waals surface area contributed by atoms with Gasteiger partial charge in [-0.3, -0.25) is 9.59 Å². The second-order valence-electron chi connectivity index (χ2n) is 6.24. The summed E-state index contributed by atoms with van der Waals surface area (Å²) in [6, 6.07) is 6.11. The van der Waals surface area contributed by atoms with Crippen LogP contribution in [0.25, 0.3) is 0 Å². The first kappa shape index (κ1) is 18.3. The summed E-state index contributed by atoms with van der Waals surface area (Å²) < 4.78 is 36.7. The number of benzene rings is 1. The number of amides is 1. The summed E-state index contributed by atoms with van der Waals surface area (Å²) in [6.07, 6.45) is -3.53. The number of carbonyl (C=O) groups excluding carboxylic acids is 1. The van der Waals surface area contributed by atoms with Gasteiger partial charge in [0, 0.05) is 24.6 Å². The molecule has 1 aromatic carbocycles. The smallest absolute Gasteiger partial charge is 0.389 e. The van der Waals surface area contributed by atoms with Crippen molar-refractivity contribution < 1.29 is 27.9 Å². The number of nitrogens with zero attached hydrogens (tertiary/aromatic N) is 1. The first-order valence-electron chi connectivity index (χ1n) is 7.87. The van der Waals surface area contributed by atoms with Crippen LogP contribution in [-0.2, 0) is 11.2 Å². The Kier molecular flexibility index (Phi) is 5.51. The van der Waals surface area contributed by atoms with Gasteiger partial charge in [-0.2, -0.15) is 13.2 Å². The molecular weight excluding hydrogens is 323 g/mol. The summed E-state index contributed by atoms with van der Waals surface area (Å²) in [5.41, 5.74) is 0.885. The van der Waals surface area contributed by atoms with Gasteiger partial charge in [0.15, 0.2) is 0 Å². The summed E-state index contributed by atoms with van der Waals surface area (Å²) in [4.78, 5) is 25.1. The Labute approximate surface area is 138 Å². The van der Waals surface area contributed by atoms with Crippen molar-refractivity contribution in [2.45, 2.75) is 44.8 Å². The Balaban J connectivity index is 2.03. The zero-order valence-electron chi connectivity index (χ0n) is 13.3. The van der Waals surface area contributed by atoms with Crippen LogP contribution in [0, 0.1) is 5.92 Å². The molecule has 1 amide bonds. The average molecular weight is 343 g/mol. The molecular formula is C17H20F3NO3. The fourth-order valence-electron chi connectivity index (χ4n) is 2.42. The van der Waals surface area contributed by atoms with Gasteiger partial charge in [-0.15, -0.1) is 0 Å². The van der Waals surface area contributed by atoms with Crippen molar-refractivity contribution >= 4 is 11.9 Å². The minimum Gasteiger partial charge on any atom is -0.481 e. The molecule has 132 valence electrons. The number of carbonyl (C=O) groups is 2. The number of alkyl halides is 3. The minimum atomic E-state index is -4.20. The van der Waals surface area contributed by atoms with Gasteiger partial charge in [0.1, 0.15) is 0 Å². The summed E-state index contributed by atoms with van der Waals surface area (Å²) in [5.74, 6) is -1.90. The fourth-order valence-corrected chi connectivity index (χ4v) is 2.42. The van der Waals surface area contributed by atoms with E-state index in [0.29, 0.717) is 11.1 Å². The summed E-state index contributed by atoms with van der Waals surface area (Å²) in [7, 11) is 0. The second-order valence-corrected chi connectivity index (χ2v) is 6.24. The van der Waals surface area contributed by atoms with Crippen LogP contribution in [0.4, 0.5) is 13.2 Å². The topological polar surface area (TPSA) is 57.6 Å². The van der Waals surface area contributed by atoms with Crippen LogP contribution < -0.4 is 0 Å². The molecule has 0 aromatic heterocycles. The fraction of sp³-hybridized carbons (Fsp3) is 0.529. The molecule has 1 N–H and O–H groups in total. The molecule has 1 aliphatic carbocycles. The molecule has 1 fully saturated rings. The van der Waals surface area contributed by atoms with E-state index in [1.54, 1.807) is 11.8 Å². The lowest BCUT2D eigenvalue weighted by Crippen LogP contribution is -2.38. The monoisotopic (exact) mass is 343 g/mol. The first-order valence-corrected chi connectivity index (χ1v) is 7.87. The van der Waals surface area contributed by atoms with E-state index in [9.17, 15) is 22.8 Å². The van der Waals surface area contributed by atoms with Gasteiger partial charge in [-0.05, 0) is 37.0 Å². The van der Waals surface area contributed by atoms with E-state index in [1.807, 2.05) is 0 Å². The Morgan fingerprint density at radius 2 is 1.83 bits per heavy atom. The summed E-state index contributed by atoms with van der Waals surface area (Å²) in [6.45, 7) is 1.68. The highest BCUT2D eigenvalue weighted by molar-refractivity contribution is 5.95. The van der Waals surface area contributed by atoms with Crippen molar-refractivity contribution in [3.63, 3.8) is 0 Å². The molecule has 1 aromatic rings. The largest absolute Gasteiger partial charge is 0.481 e. The van der Waals surface area contributed by atoms with Crippen molar-refractivity contribution in [2.24, 2.45) is 5.92 Å². The number of hydrogen-bond donors (Lipinski definition) is 1. The maximum absolute atomic E-state index is 12.6. The van der Waals surface area contributed by atoms with Crippen molar-refractivity contribution in [2.75, 3.05) is 6.54 Å². The molecule has 1 aliphatic rings. The lowest BCUT2D eigenvalue weighted by Gasteiger charge is -2.24. The highest BCUT2D eigenvalue weighted by Crippen LogP contribution is 2.29. The van der Waals surface area contributed by atoms with Crippen LogP contribution in [0.1, 0.15) is 42.1 Å². The number of hydrogen-bond acceptors (Lipinski definition) is 2. The third-order valence-corrected chi connectivity index (χ3v) is 4.04. The maximum atomic E-state index is 12.6. The third kappa shape index (κ3) is 5.25. The zero-order chi connectivity index (χ0) is 17.9. The molecule has 1 atom stereocenters. The van der Waals surface area contributed by atoms with E-state index in [2.05, 4.69) is 0 Å². The molecule has 4 nitrogen and oxygen atoms in total. The molecule has 0 saturated heterocycles. The van der Waals surface area contributed by atoms with E-state index < -0.39 is 24.5 Å². The highest BCUT2D eigenvalue weighted by atomic mass is 19.4. The van der Waals surface area contributed by atoms with Crippen molar-refractivity contribution in [1.82, 2.24) is 4.90 Å². The van der Waals surface area contributed by atoms with Crippen LogP contribution >= 0.6 is 0 Å². The number of carboxylic acid groups (broad SMARTS) is 1. The molecule has 24 heavy (non-hydrogen) atoms. The number of aliphatic carboxylic acids is 1. The normalized spacial score (nSPS) is 15.8. The van der Waals surface area contributed by atoms with Crippen molar-refractivity contribution in [1.29, 1.82) is 0 Å². The lowest BCUT2D eigenvalue weighted by molar-refractivity contribution is -0.141. The quantitative estimate of drug-likeness (QED) is 0.824. The van der Waals surface area contributed by atoms with E-state index in [-0.39, 0.29) is 24.9 Å². The number of aryl methyl sites for hydroxylation is 1. The zero-order valence-corrected chi connectivity index (χ0v) is 13.3. The molecule has 1 saturated carbocycles. The Morgan fingerprint density at radius 1 is 1.25 bits per heavy atom. The molecule has 1 unspecified atom stereocenters. The molecule has 0 bridgehead atoms. The van der Waals surface area contributed by atoms with Gasteiger partial charge in [-0.1, -0.05) is 19.1 Å². The third-order valence-electron chi connectivity index (χ3n) is 4.04. The van der Waals surface area contributed by atoms with Gasteiger partial charge >= 0.3 is 12.1 Å². The predicted molar refractivity (Wildman–Crippen MR) is 81.7 cm³/mol. The van der Waals surface area contributed by atoms with E-state index in [4.69, 9.17) is 5.11 Å². The molecule has 0 spiro atoms. The summed E-state index contributed by atoms with van der Waals surface area (Å²) in [5, 5.41) is 9.02. The predicted octanol–water partition coefficient (Wildman–Crippen LogP) is 3.51. The van der Waals surface area contributed by atoms with Crippen LogP contribution in [0.3, 0.4) is 0 Å². The van der Waals surface area contributed by atoms with Crippen molar-refractivity contribution in [3.8, 4) is 0 Å². The van der Waals surface area contributed by atoms with Gasteiger partial charge in [-0.25, -0.2) is 0 Å². The van der Waals surface area contributed by atoms with Crippen molar-refractivity contribution in [3.05, 3.63) is 35.4 Å². The van der Waals surface area contributed by atoms with Gasteiger partial charge in [0.25, 0.3) is 5.91 Å². The minimum absolute atomic E-state index is 0.0594. The number of halogens is 3. The Bertz CT molecular complexity index is 594. The average Bonchev–Trinajstić information content (AvgIpc) is 3.34.